The molecule has 0 bridgehead atoms. The summed E-state index contributed by atoms with van der Waals surface area (Å²) in [5.74, 6) is 0.265. The van der Waals surface area contributed by atoms with E-state index in [2.05, 4.69) is 17.6 Å². The van der Waals surface area contributed by atoms with E-state index in [-0.39, 0.29) is 6.03 Å². The van der Waals surface area contributed by atoms with Crippen molar-refractivity contribution < 1.29 is 14.7 Å². The number of aliphatic carboxylic acids is 1. The van der Waals surface area contributed by atoms with Crippen LogP contribution in [0.3, 0.4) is 0 Å². The van der Waals surface area contributed by atoms with Crippen molar-refractivity contribution in [3.8, 4) is 0 Å². The maximum absolute atomic E-state index is 12.0. The highest BCUT2D eigenvalue weighted by atomic mass is 16.4. The van der Waals surface area contributed by atoms with Gasteiger partial charge in [0.15, 0.2) is 0 Å². The lowest BCUT2D eigenvalue weighted by molar-refractivity contribution is -0.146. The first-order chi connectivity index (χ1) is 10.1. The molecule has 0 unspecified atom stereocenters. The molecule has 0 radical (unpaired) electrons. The zero-order valence-electron chi connectivity index (χ0n) is 13.0. The lowest BCUT2D eigenvalue weighted by Gasteiger charge is -2.37. The minimum Gasteiger partial charge on any atom is -0.480 e. The number of carbonyl (C=O) groups is 2. The summed E-state index contributed by atoms with van der Waals surface area (Å²) in [6, 6.07) is -0.320. The van der Waals surface area contributed by atoms with Gasteiger partial charge in [-0.1, -0.05) is 26.2 Å². The quantitative estimate of drug-likeness (QED) is 0.730. The van der Waals surface area contributed by atoms with Gasteiger partial charge in [0, 0.05) is 6.54 Å². The molecule has 5 nitrogen and oxygen atoms in total. The van der Waals surface area contributed by atoms with Gasteiger partial charge in [0.1, 0.15) is 5.54 Å². The van der Waals surface area contributed by atoms with Crippen molar-refractivity contribution in [1.82, 2.24) is 10.6 Å². The van der Waals surface area contributed by atoms with Crippen molar-refractivity contribution in [2.75, 3.05) is 6.54 Å². The van der Waals surface area contributed by atoms with Crippen LogP contribution in [0, 0.1) is 11.8 Å². The van der Waals surface area contributed by atoms with Gasteiger partial charge in [-0.3, -0.25) is 0 Å². The summed E-state index contributed by atoms with van der Waals surface area (Å²) in [7, 11) is 0. The Hall–Kier alpha value is -1.26. The fraction of sp³-hybridized carbons (Fsp3) is 0.875. The molecule has 2 rings (SSSR count). The van der Waals surface area contributed by atoms with Crippen LogP contribution in [0.2, 0.25) is 0 Å². The van der Waals surface area contributed by atoms with Crippen LogP contribution in [0.5, 0.6) is 0 Å². The summed E-state index contributed by atoms with van der Waals surface area (Å²) in [4.78, 5) is 23.7. The number of amides is 2. The molecule has 0 heterocycles. The van der Waals surface area contributed by atoms with Crippen LogP contribution in [0.15, 0.2) is 0 Å². The van der Waals surface area contributed by atoms with Crippen molar-refractivity contribution >= 4 is 12.0 Å². The fourth-order valence-electron chi connectivity index (χ4n) is 3.68. The van der Waals surface area contributed by atoms with Crippen LogP contribution < -0.4 is 10.6 Å². The Balaban J connectivity index is 1.84. The average Bonchev–Trinajstić information content (AvgIpc) is 2.99. The number of carboxylic acids is 1. The number of nitrogens with one attached hydrogen (secondary N) is 2. The van der Waals surface area contributed by atoms with Crippen LogP contribution in [-0.2, 0) is 4.79 Å². The molecule has 0 aromatic rings. The minimum absolute atomic E-state index is 0.320. The van der Waals surface area contributed by atoms with Crippen molar-refractivity contribution in [3.05, 3.63) is 0 Å². The molecule has 120 valence electrons. The van der Waals surface area contributed by atoms with E-state index in [0.29, 0.717) is 31.2 Å². The van der Waals surface area contributed by atoms with E-state index in [0.717, 1.165) is 19.3 Å². The minimum atomic E-state index is -1.06. The Morgan fingerprint density at radius 3 is 2.24 bits per heavy atom. The third kappa shape index (κ3) is 4.11. The molecule has 2 aliphatic carbocycles. The van der Waals surface area contributed by atoms with Gasteiger partial charge in [-0.2, -0.15) is 0 Å². The summed E-state index contributed by atoms with van der Waals surface area (Å²) in [6.45, 7) is 2.80. The van der Waals surface area contributed by atoms with Crippen molar-refractivity contribution in [3.63, 3.8) is 0 Å². The second-order valence-electron chi connectivity index (χ2n) is 6.72. The van der Waals surface area contributed by atoms with Crippen LogP contribution in [0.1, 0.15) is 64.7 Å². The second kappa shape index (κ2) is 7.14. The van der Waals surface area contributed by atoms with E-state index in [9.17, 15) is 14.7 Å². The number of rotatable bonds is 5. The summed E-state index contributed by atoms with van der Waals surface area (Å²) in [6.07, 6.45) is 8.75. The van der Waals surface area contributed by atoms with Gasteiger partial charge < -0.3 is 15.7 Å². The maximum atomic E-state index is 12.0. The predicted molar refractivity (Wildman–Crippen MR) is 81.1 cm³/mol. The lowest BCUT2D eigenvalue weighted by atomic mass is 9.75. The Bertz CT molecular complexity index is 370. The molecule has 0 saturated heterocycles. The SMILES string of the molecule is CCC1CCC(NC(=O)NCC2CCCC2)(C(=O)O)CC1. The van der Waals surface area contributed by atoms with Gasteiger partial charge in [0.05, 0.1) is 0 Å². The van der Waals surface area contributed by atoms with Gasteiger partial charge in [0.25, 0.3) is 0 Å². The largest absolute Gasteiger partial charge is 0.480 e. The van der Waals surface area contributed by atoms with Crippen molar-refractivity contribution in [2.24, 2.45) is 11.8 Å². The maximum Gasteiger partial charge on any atom is 0.329 e. The summed E-state index contributed by atoms with van der Waals surface area (Å²) in [5.41, 5.74) is -1.06. The fourth-order valence-corrected chi connectivity index (χ4v) is 3.68. The normalized spacial score (nSPS) is 30.0. The van der Waals surface area contributed by atoms with E-state index in [1.165, 1.54) is 25.7 Å². The summed E-state index contributed by atoms with van der Waals surface area (Å²) < 4.78 is 0. The Kier molecular flexibility index (Phi) is 5.48. The topological polar surface area (TPSA) is 78.4 Å². The molecule has 0 aromatic carbocycles. The van der Waals surface area contributed by atoms with Gasteiger partial charge in [-0.05, 0) is 50.4 Å². The number of carboxylic acid groups (broad SMARTS) is 1. The molecule has 0 aliphatic heterocycles. The summed E-state index contributed by atoms with van der Waals surface area (Å²) >= 11 is 0. The van der Waals surface area contributed by atoms with Gasteiger partial charge in [0.2, 0.25) is 0 Å². The van der Waals surface area contributed by atoms with E-state index < -0.39 is 11.5 Å². The van der Waals surface area contributed by atoms with Crippen LogP contribution >= 0.6 is 0 Å². The predicted octanol–water partition coefficient (Wildman–Crippen LogP) is 2.90. The number of urea groups is 1. The first-order valence-corrected chi connectivity index (χ1v) is 8.35. The first-order valence-electron chi connectivity index (χ1n) is 8.35. The van der Waals surface area contributed by atoms with Crippen molar-refractivity contribution in [1.29, 1.82) is 0 Å². The Labute approximate surface area is 126 Å². The molecular weight excluding hydrogens is 268 g/mol. The van der Waals surface area contributed by atoms with Crippen LogP contribution in [-0.4, -0.2) is 29.2 Å². The Morgan fingerprint density at radius 2 is 1.71 bits per heavy atom. The van der Waals surface area contributed by atoms with Gasteiger partial charge in [-0.15, -0.1) is 0 Å². The van der Waals surface area contributed by atoms with E-state index in [1.807, 2.05) is 0 Å². The third-order valence-corrected chi connectivity index (χ3v) is 5.32. The molecule has 2 saturated carbocycles. The third-order valence-electron chi connectivity index (χ3n) is 5.32. The van der Waals surface area contributed by atoms with E-state index in [1.54, 1.807) is 0 Å². The number of hydrogen-bond acceptors (Lipinski definition) is 2. The molecule has 0 spiro atoms. The lowest BCUT2D eigenvalue weighted by Crippen LogP contribution is -2.59. The molecule has 2 aliphatic rings. The van der Waals surface area contributed by atoms with E-state index >= 15 is 0 Å². The monoisotopic (exact) mass is 296 g/mol. The summed E-state index contributed by atoms with van der Waals surface area (Å²) in [5, 5.41) is 15.1. The van der Waals surface area contributed by atoms with Crippen molar-refractivity contribution in [2.45, 2.75) is 70.3 Å². The first kappa shape index (κ1) is 16.1. The molecule has 0 aromatic heterocycles. The van der Waals surface area contributed by atoms with Crippen LogP contribution in [0.25, 0.3) is 0 Å². The molecule has 5 heteroatoms. The zero-order valence-corrected chi connectivity index (χ0v) is 13.0. The molecule has 0 atom stereocenters. The molecule has 2 fully saturated rings. The molecule has 21 heavy (non-hydrogen) atoms. The van der Waals surface area contributed by atoms with Crippen LogP contribution in [0.4, 0.5) is 4.79 Å². The average molecular weight is 296 g/mol. The molecule has 2 amide bonds. The number of hydrogen-bond donors (Lipinski definition) is 3. The van der Waals surface area contributed by atoms with Gasteiger partial charge >= 0.3 is 12.0 Å². The highest BCUT2D eigenvalue weighted by Gasteiger charge is 2.43. The second-order valence-corrected chi connectivity index (χ2v) is 6.72. The zero-order chi connectivity index (χ0) is 15.3. The molecular formula is C16H28N2O3. The van der Waals surface area contributed by atoms with E-state index in [4.69, 9.17) is 0 Å². The highest BCUT2D eigenvalue weighted by Crippen LogP contribution is 2.34. The smallest absolute Gasteiger partial charge is 0.329 e. The highest BCUT2D eigenvalue weighted by molar-refractivity contribution is 5.86. The van der Waals surface area contributed by atoms with Gasteiger partial charge in [-0.25, -0.2) is 9.59 Å². The number of carbonyl (C=O) groups excluding carboxylic acids is 1. The Morgan fingerprint density at radius 1 is 1.10 bits per heavy atom. The molecule has 3 N–H and O–H groups in total. The standard InChI is InChI=1S/C16H28N2O3/c1-2-12-7-9-16(10-8-12,14(19)20)18-15(21)17-11-13-5-3-4-6-13/h12-13H,2-11H2,1H3,(H,19,20)(H2,17,18,21).